The molecule has 76 valence electrons. The van der Waals surface area contributed by atoms with Gasteiger partial charge in [0.1, 0.15) is 21.8 Å². The highest BCUT2D eigenvalue weighted by Gasteiger charge is 2.37. The molecule has 15 heavy (non-hydrogen) atoms. The van der Waals surface area contributed by atoms with E-state index in [0.29, 0.717) is 0 Å². The molecule has 2 aromatic rings. The maximum absolute atomic E-state index is 6.48. The first-order chi connectivity index (χ1) is 7.21. The lowest BCUT2D eigenvalue weighted by Gasteiger charge is -2.12. The standard InChI is InChI=1S/C12H12ClNP/c13-15(14,11-7-3-1-4-8-11)12-9-5-2-6-10-12/h1-10H,14H2/q+1. The molecular weight excluding hydrogens is 225 g/mol. The lowest BCUT2D eigenvalue weighted by Crippen LogP contribution is -2.23. The van der Waals surface area contributed by atoms with E-state index < -0.39 is 6.77 Å². The number of nitrogens with two attached hydrogens (primary N) is 1. The molecule has 0 fully saturated rings. The van der Waals surface area contributed by atoms with Gasteiger partial charge in [0.15, 0.2) is 0 Å². The summed E-state index contributed by atoms with van der Waals surface area (Å²) in [5, 5.41) is 2.02. The van der Waals surface area contributed by atoms with Crippen molar-refractivity contribution in [2.45, 2.75) is 0 Å². The minimum absolute atomic E-state index is 1.01. The van der Waals surface area contributed by atoms with Gasteiger partial charge in [-0.15, -0.1) is 0 Å². The first-order valence-corrected chi connectivity index (χ1v) is 7.46. The molecule has 0 unspecified atom stereocenters. The van der Waals surface area contributed by atoms with Crippen LogP contribution in [0, 0.1) is 0 Å². The smallest absolute Gasteiger partial charge is 0.180 e. The van der Waals surface area contributed by atoms with Crippen LogP contribution >= 0.6 is 18.0 Å². The van der Waals surface area contributed by atoms with Crippen molar-refractivity contribution in [3.63, 3.8) is 0 Å². The zero-order chi connectivity index (χ0) is 10.7. The average Bonchev–Trinajstić information content (AvgIpc) is 2.31. The second kappa shape index (κ2) is 4.32. The van der Waals surface area contributed by atoms with E-state index in [4.69, 9.17) is 16.7 Å². The fourth-order valence-electron chi connectivity index (χ4n) is 1.44. The Kier molecular flexibility index (Phi) is 3.06. The van der Waals surface area contributed by atoms with Crippen LogP contribution in [0.2, 0.25) is 0 Å². The molecule has 0 heterocycles. The first kappa shape index (κ1) is 10.6. The molecule has 0 aromatic heterocycles. The van der Waals surface area contributed by atoms with Gasteiger partial charge in [0, 0.05) is 0 Å². The molecule has 2 rings (SSSR count). The number of rotatable bonds is 2. The molecule has 0 radical (unpaired) electrons. The van der Waals surface area contributed by atoms with Gasteiger partial charge in [-0.25, -0.2) is 0 Å². The van der Waals surface area contributed by atoms with Crippen molar-refractivity contribution in [2.24, 2.45) is 5.50 Å². The van der Waals surface area contributed by atoms with Crippen LogP contribution in [0.4, 0.5) is 0 Å². The van der Waals surface area contributed by atoms with Crippen molar-refractivity contribution in [1.29, 1.82) is 0 Å². The SMILES string of the molecule is N[P+](Cl)(c1ccccc1)c1ccccc1. The highest BCUT2D eigenvalue weighted by Crippen LogP contribution is 2.53. The van der Waals surface area contributed by atoms with Crippen LogP contribution in [-0.2, 0) is 0 Å². The van der Waals surface area contributed by atoms with Crippen LogP contribution in [0.5, 0.6) is 0 Å². The third kappa shape index (κ3) is 2.21. The lowest BCUT2D eigenvalue weighted by atomic mass is 10.4. The van der Waals surface area contributed by atoms with Crippen molar-refractivity contribution in [3.8, 4) is 0 Å². The molecule has 0 aliphatic rings. The molecule has 2 N–H and O–H groups in total. The third-order valence-electron chi connectivity index (χ3n) is 2.26. The highest BCUT2D eigenvalue weighted by molar-refractivity contribution is 8.08. The zero-order valence-corrected chi connectivity index (χ0v) is 9.83. The highest BCUT2D eigenvalue weighted by atomic mass is 35.7. The van der Waals surface area contributed by atoms with Crippen LogP contribution in [0.25, 0.3) is 0 Å². The van der Waals surface area contributed by atoms with Gasteiger partial charge in [0.25, 0.3) is 0 Å². The Balaban J connectivity index is 2.44. The number of hydrogen-bond acceptors (Lipinski definition) is 1. The molecule has 0 spiro atoms. The Labute approximate surface area is 95.1 Å². The Hall–Kier alpha value is -0.880. The van der Waals surface area contributed by atoms with Crippen LogP contribution in [0.3, 0.4) is 0 Å². The summed E-state index contributed by atoms with van der Waals surface area (Å²) >= 11 is 6.48. The quantitative estimate of drug-likeness (QED) is 0.798. The van der Waals surface area contributed by atoms with Gasteiger partial charge in [-0.05, 0) is 24.3 Å². The summed E-state index contributed by atoms with van der Waals surface area (Å²) in [4.78, 5) is 0. The molecule has 0 amide bonds. The molecule has 3 heteroatoms. The van der Waals surface area contributed by atoms with E-state index in [1.807, 2.05) is 60.7 Å². The minimum Gasteiger partial charge on any atom is -0.180 e. The summed E-state index contributed by atoms with van der Waals surface area (Å²) < 4.78 is 0. The van der Waals surface area contributed by atoms with Gasteiger partial charge in [0.05, 0.1) is 0 Å². The maximum Gasteiger partial charge on any atom is 0.242 e. The van der Waals surface area contributed by atoms with E-state index in [-0.39, 0.29) is 0 Å². The van der Waals surface area contributed by atoms with Gasteiger partial charge in [0.2, 0.25) is 6.77 Å². The Morgan fingerprint density at radius 2 is 1.07 bits per heavy atom. The van der Waals surface area contributed by atoms with E-state index in [0.717, 1.165) is 10.6 Å². The maximum atomic E-state index is 6.48. The summed E-state index contributed by atoms with van der Waals surface area (Å²) in [6, 6.07) is 19.7. The van der Waals surface area contributed by atoms with Crippen LogP contribution < -0.4 is 16.1 Å². The van der Waals surface area contributed by atoms with Crippen molar-refractivity contribution in [2.75, 3.05) is 0 Å². The fraction of sp³-hybridized carbons (Fsp3) is 0. The summed E-state index contributed by atoms with van der Waals surface area (Å²) in [5.74, 6) is 0. The Morgan fingerprint density at radius 3 is 1.40 bits per heavy atom. The minimum atomic E-state index is -2.18. The number of benzene rings is 2. The average molecular weight is 237 g/mol. The van der Waals surface area contributed by atoms with Crippen LogP contribution in [-0.4, -0.2) is 0 Å². The molecule has 2 aromatic carbocycles. The fourth-order valence-corrected chi connectivity index (χ4v) is 3.63. The molecule has 1 nitrogen and oxygen atoms in total. The molecule has 0 bridgehead atoms. The van der Waals surface area contributed by atoms with E-state index in [1.54, 1.807) is 0 Å². The largest absolute Gasteiger partial charge is 0.242 e. The van der Waals surface area contributed by atoms with Crippen molar-refractivity contribution in [1.82, 2.24) is 0 Å². The molecular formula is C12H12ClNP+. The van der Waals surface area contributed by atoms with Gasteiger partial charge in [-0.2, -0.15) is 5.50 Å². The van der Waals surface area contributed by atoms with Gasteiger partial charge in [-0.1, -0.05) is 36.4 Å². The molecule has 0 atom stereocenters. The molecule has 0 aliphatic heterocycles. The van der Waals surface area contributed by atoms with E-state index in [9.17, 15) is 0 Å². The summed E-state index contributed by atoms with van der Waals surface area (Å²) in [6.45, 7) is -2.18. The Morgan fingerprint density at radius 1 is 0.733 bits per heavy atom. The second-order valence-electron chi connectivity index (χ2n) is 3.31. The van der Waals surface area contributed by atoms with Gasteiger partial charge >= 0.3 is 0 Å². The van der Waals surface area contributed by atoms with Crippen LogP contribution in [0.15, 0.2) is 60.7 Å². The predicted molar refractivity (Wildman–Crippen MR) is 69.1 cm³/mol. The topological polar surface area (TPSA) is 26.0 Å². The van der Waals surface area contributed by atoms with Crippen LogP contribution in [0.1, 0.15) is 0 Å². The molecule has 0 saturated carbocycles. The third-order valence-corrected chi connectivity index (χ3v) is 5.53. The summed E-state index contributed by atoms with van der Waals surface area (Å²) in [7, 11) is 0. The normalized spacial score (nSPS) is 11.3. The van der Waals surface area contributed by atoms with Crippen molar-refractivity contribution in [3.05, 3.63) is 60.7 Å². The first-order valence-electron chi connectivity index (χ1n) is 4.70. The second-order valence-corrected chi connectivity index (χ2v) is 7.21. The van der Waals surface area contributed by atoms with Gasteiger partial charge in [-0.3, -0.25) is 0 Å². The predicted octanol–water partition coefficient (Wildman–Crippen LogP) is 2.68. The summed E-state index contributed by atoms with van der Waals surface area (Å²) in [6.07, 6.45) is 0. The van der Waals surface area contributed by atoms with Crippen molar-refractivity contribution < 1.29 is 0 Å². The molecule has 0 aliphatic carbocycles. The number of hydrogen-bond donors (Lipinski definition) is 1. The zero-order valence-electron chi connectivity index (χ0n) is 8.18. The number of halogens is 1. The van der Waals surface area contributed by atoms with Gasteiger partial charge < -0.3 is 0 Å². The summed E-state index contributed by atoms with van der Waals surface area (Å²) in [5.41, 5.74) is 6.24. The molecule has 0 saturated heterocycles. The van der Waals surface area contributed by atoms with E-state index in [1.165, 1.54) is 0 Å². The Bertz CT molecular complexity index is 386. The van der Waals surface area contributed by atoms with Crippen molar-refractivity contribution >= 4 is 28.6 Å². The monoisotopic (exact) mass is 236 g/mol. The van der Waals surface area contributed by atoms with E-state index >= 15 is 0 Å². The van der Waals surface area contributed by atoms with E-state index in [2.05, 4.69) is 0 Å². The lowest BCUT2D eigenvalue weighted by molar-refractivity contribution is 1.73.